The molecule has 1 aromatic heterocycles. The van der Waals surface area contributed by atoms with Crippen molar-refractivity contribution in [1.82, 2.24) is 9.55 Å². The topological polar surface area (TPSA) is 54.9 Å². The summed E-state index contributed by atoms with van der Waals surface area (Å²) in [7, 11) is 0. The molecule has 15 heavy (non-hydrogen) atoms. The predicted octanol–water partition coefficient (Wildman–Crippen LogP) is 0.250. The third kappa shape index (κ3) is 2.19. The maximum atomic E-state index is 11.4. The van der Waals surface area contributed by atoms with Crippen LogP contribution in [0.15, 0.2) is 15.8 Å². The van der Waals surface area contributed by atoms with Gasteiger partial charge in [-0.1, -0.05) is 0 Å². The van der Waals surface area contributed by atoms with E-state index in [4.69, 9.17) is 0 Å². The van der Waals surface area contributed by atoms with Gasteiger partial charge in [-0.25, -0.2) is 4.79 Å². The van der Waals surface area contributed by atoms with Gasteiger partial charge in [0.25, 0.3) is 5.56 Å². The van der Waals surface area contributed by atoms with Gasteiger partial charge in [-0.2, -0.15) is 0 Å². The van der Waals surface area contributed by atoms with Crippen LogP contribution in [0.1, 0.15) is 5.56 Å². The lowest BCUT2D eigenvalue weighted by Crippen LogP contribution is -2.32. The van der Waals surface area contributed by atoms with E-state index in [1.165, 1.54) is 4.57 Å². The van der Waals surface area contributed by atoms with Crippen LogP contribution in [0.3, 0.4) is 0 Å². The lowest BCUT2D eigenvalue weighted by Gasteiger charge is -2.10. The van der Waals surface area contributed by atoms with Gasteiger partial charge < -0.3 is 0 Å². The van der Waals surface area contributed by atoms with Crippen LogP contribution >= 0.6 is 0 Å². The molecule has 1 fully saturated rings. The first kappa shape index (κ1) is 10.2. The highest BCUT2D eigenvalue weighted by atomic mass is 16.2. The van der Waals surface area contributed by atoms with Crippen molar-refractivity contribution in [2.75, 3.05) is 0 Å². The summed E-state index contributed by atoms with van der Waals surface area (Å²) in [6.07, 6.45) is 9.28. The zero-order chi connectivity index (χ0) is 10.8. The average Bonchev–Trinajstić information content (AvgIpc) is 2.67. The van der Waals surface area contributed by atoms with Crippen molar-refractivity contribution in [3.05, 3.63) is 64.2 Å². The molecule has 1 heterocycles. The lowest BCUT2D eigenvalue weighted by molar-refractivity contribution is 0.676. The van der Waals surface area contributed by atoms with Crippen molar-refractivity contribution < 1.29 is 0 Å². The zero-order valence-corrected chi connectivity index (χ0v) is 8.36. The molecular weight excluding hydrogens is 192 g/mol. The van der Waals surface area contributed by atoms with Gasteiger partial charge in [0.15, 0.2) is 0 Å². The molecule has 4 nitrogen and oxygen atoms in total. The number of H-pyrrole nitrogens is 1. The number of aromatic amines is 1. The van der Waals surface area contributed by atoms with Crippen molar-refractivity contribution in [2.45, 2.75) is 13.5 Å². The van der Waals surface area contributed by atoms with Crippen molar-refractivity contribution in [1.29, 1.82) is 0 Å². The quantitative estimate of drug-likeness (QED) is 0.749. The Hall–Kier alpha value is -1.32. The smallest absolute Gasteiger partial charge is 0.300 e. The van der Waals surface area contributed by atoms with Gasteiger partial charge >= 0.3 is 5.69 Å². The Kier molecular flexibility index (Phi) is 2.75. The van der Waals surface area contributed by atoms with E-state index in [1.54, 1.807) is 13.1 Å². The summed E-state index contributed by atoms with van der Waals surface area (Å²) in [6.45, 7) is 2.17. The molecule has 4 heteroatoms. The van der Waals surface area contributed by atoms with Crippen molar-refractivity contribution >= 4 is 0 Å². The van der Waals surface area contributed by atoms with Gasteiger partial charge in [0.2, 0.25) is 0 Å². The van der Waals surface area contributed by atoms with Crippen LogP contribution in [0.4, 0.5) is 0 Å². The number of rotatable bonds is 2. The maximum absolute atomic E-state index is 11.4. The monoisotopic (exact) mass is 203 g/mol. The molecular formula is C11H11N2O2. The molecule has 1 aliphatic carbocycles. The van der Waals surface area contributed by atoms with Crippen LogP contribution in [0.2, 0.25) is 0 Å². The van der Waals surface area contributed by atoms with Gasteiger partial charge in [0.1, 0.15) is 0 Å². The Balaban J connectivity index is 2.24. The molecule has 0 bridgehead atoms. The SMILES string of the molecule is Cc1cn(C[C]2[CH][CH][CH][CH]2)c(=O)[nH]c1=O. The lowest BCUT2D eigenvalue weighted by atomic mass is 10.1. The van der Waals surface area contributed by atoms with Gasteiger partial charge in [0.05, 0.1) is 0 Å². The van der Waals surface area contributed by atoms with Crippen LogP contribution in [0, 0.1) is 38.5 Å². The summed E-state index contributed by atoms with van der Waals surface area (Å²) in [5.41, 5.74) is -0.147. The summed E-state index contributed by atoms with van der Waals surface area (Å²) in [5, 5.41) is 0. The Labute approximate surface area is 88.0 Å². The molecule has 0 unspecified atom stereocenters. The van der Waals surface area contributed by atoms with Gasteiger partial charge in [0, 0.05) is 24.2 Å². The molecule has 0 amide bonds. The summed E-state index contributed by atoms with van der Waals surface area (Å²) < 4.78 is 1.49. The first-order valence-corrected chi connectivity index (χ1v) is 4.68. The number of hydrogen-bond donors (Lipinski definition) is 1. The Bertz CT molecular complexity index is 452. The molecule has 1 aromatic rings. The third-order valence-electron chi connectivity index (χ3n) is 2.27. The van der Waals surface area contributed by atoms with E-state index in [0.717, 1.165) is 5.92 Å². The fraction of sp³-hybridized carbons (Fsp3) is 0.182. The molecule has 0 atom stereocenters. The molecule has 0 aromatic carbocycles. The normalized spacial score (nSPS) is 17.1. The average molecular weight is 203 g/mol. The third-order valence-corrected chi connectivity index (χ3v) is 2.27. The molecule has 0 saturated heterocycles. The second-order valence-electron chi connectivity index (χ2n) is 3.49. The largest absolute Gasteiger partial charge is 0.328 e. The minimum Gasteiger partial charge on any atom is -0.300 e. The summed E-state index contributed by atoms with van der Waals surface area (Å²) in [5.74, 6) is 1.04. The van der Waals surface area contributed by atoms with Crippen LogP contribution in [0.25, 0.3) is 0 Å². The fourth-order valence-electron chi connectivity index (χ4n) is 1.45. The molecule has 0 spiro atoms. The second kappa shape index (κ2) is 4.04. The van der Waals surface area contributed by atoms with Gasteiger partial charge in [-0.15, -0.1) is 0 Å². The van der Waals surface area contributed by atoms with E-state index >= 15 is 0 Å². The minimum atomic E-state index is -0.369. The van der Waals surface area contributed by atoms with E-state index < -0.39 is 0 Å². The first-order chi connectivity index (χ1) is 7.16. The van der Waals surface area contributed by atoms with Crippen molar-refractivity contribution in [3.8, 4) is 0 Å². The Morgan fingerprint density at radius 2 is 1.93 bits per heavy atom. The maximum Gasteiger partial charge on any atom is 0.328 e. The number of nitrogens with one attached hydrogen (secondary N) is 1. The number of hydrogen-bond acceptors (Lipinski definition) is 2. The first-order valence-electron chi connectivity index (χ1n) is 4.68. The highest BCUT2D eigenvalue weighted by Crippen LogP contribution is 2.23. The van der Waals surface area contributed by atoms with E-state index in [1.807, 2.05) is 25.7 Å². The van der Waals surface area contributed by atoms with E-state index in [9.17, 15) is 9.59 Å². The van der Waals surface area contributed by atoms with Gasteiger partial charge in [-0.3, -0.25) is 14.3 Å². The van der Waals surface area contributed by atoms with Crippen molar-refractivity contribution in [3.63, 3.8) is 0 Å². The van der Waals surface area contributed by atoms with E-state index in [0.29, 0.717) is 12.1 Å². The zero-order valence-electron chi connectivity index (χ0n) is 8.36. The van der Waals surface area contributed by atoms with E-state index in [-0.39, 0.29) is 11.2 Å². The molecule has 1 saturated carbocycles. The minimum absolute atomic E-state index is 0.321. The number of aromatic nitrogens is 2. The standard InChI is InChI=1S/C11H11N2O2/c1-8-6-13(11(15)12-10(8)14)7-9-4-2-3-5-9/h2-6H,7H2,1H3,(H,12,14,15). The van der Waals surface area contributed by atoms with E-state index in [2.05, 4.69) is 4.98 Å². The summed E-state index contributed by atoms with van der Waals surface area (Å²) >= 11 is 0. The van der Waals surface area contributed by atoms with Crippen LogP contribution in [-0.4, -0.2) is 9.55 Å². The second-order valence-corrected chi connectivity index (χ2v) is 3.49. The molecule has 2 rings (SSSR count). The summed E-state index contributed by atoms with van der Waals surface area (Å²) in [6, 6.07) is 0. The fourth-order valence-corrected chi connectivity index (χ4v) is 1.45. The van der Waals surface area contributed by atoms with Crippen LogP contribution in [0.5, 0.6) is 0 Å². The van der Waals surface area contributed by atoms with Crippen LogP contribution in [-0.2, 0) is 6.54 Å². The molecule has 1 N–H and O–H groups in total. The Morgan fingerprint density at radius 3 is 2.60 bits per heavy atom. The molecule has 1 aliphatic rings. The Morgan fingerprint density at radius 1 is 1.27 bits per heavy atom. The molecule has 5 radical (unpaired) electrons. The predicted molar refractivity (Wildman–Crippen MR) is 56.5 cm³/mol. The molecule has 77 valence electrons. The number of aryl methyl sites for hydroxylation is 1. The highest BCUT2D eigenvalue weighted by Gasteiger charge is 2.17. The highest BCUT2D eigenvalue weighted by molar-refractivity contribution is 5.35. The van der Waals surface area contributed by atoms with Crippen molar-refractivity contribution in [2.24, 2.45) is 0 Å². The molecule has 0 aliphatic heterocycles. The van der Waals surface area contributed by atoms with Crippen LogP contribution < -0.4 is 11.2 Å². The van der Waals surface area contributed by atoms with Gasteiger partial charge in [-0.05, 0) is 32.6 Å². The number of nitrogens with zero attached hydrogens (tertiary/aromatic N) is 1. The summed E-state index contributed by atoms with van der Waals surface area (Å²) in [4.78, 5) is 24.8.